The third-order valence-electron chi connectivity index (χ3n) is 5.88. The van der Waals surface area contributed by atoms with Crippen LogP contribution in [0.3, 0.4) is 0 Å². The zero-order chi connectivity index (χ0) is 18.1. The van der Waals surface area contributed by atoms with E-state index >= 15 is 0 Å². The van der Waals surface area contributed by atoms with E-state index in [1.54, 1.807) is 17.4 Å². The van der Waals surface area contributed by atoms with Gasteiger partial charge in [-0.2, -0.15) is 4.52 Å². The molecule has 2 aromatic heterocycles. The fourth-order valence-corrected chi connectivity index (χ4v) is 5.22. The van der Waals surface area contributed by atoms with Gasteiger partial charge in [0, 0.05) is 44.0 Å². The van der Waals surface area contributed by atoms with Crippen molar-refractivity contribution in [3.05, 3.63) is 22.1 Å². The molecule has 0 bridgehead atoms. The summed E-state index contributed by atoms with van der Waals surface area (Å²) in [6.07, 6.45) is 7.28. The van der Waals surface area contributed by atoms with Crippen LogP contribution in [0.5, 0.6) is 0 Å². The summed E-state index contributed by atoms with van der Waals surface area (Å²) in [5.41, 5.74) is 0.819. The van der Waals surface area contributed by atoms with Crippen LogP contribution >= 0.6 is 11.3 Å². The number of hydrogen-bond acceptors (Lipinski definition) is 6. The molecule has 0 spiro atoms. The minimum atomic E-state index is -0.0593. The van der Waals surface area contributed by atoms with E-state index in [0.717, 1.165) is 66.8 Å². The van der Waals surface area contributed by atoms with Gasteiger partial charge in [-0.15, -0.1) is 5.10 Å². The van der Waals surface area contributed by atoms with E-state index in [-0.39, 0.29) is 5.56 Å². The Balaban J connectivity index is 1.44. The molecular formula is C19H29N5OS. The summed E-state index contributed by atoms with van der Waals surface area (Å²) in [6.45, 7) is 8.65. The highest BCUT2D eigenvalue weighted by molar-refractivity contribution is 7.20. The van der Waals surface area contributed by atoms with Crippen LogP contribution in [0.2, 0.25) is 0 Å². The molecule has 2 aliphatic rings. The fraction of sp³-hybridized carbons (Fsp3) is 0.737. The molecule has 1 saturated carbocycles. The number of fused-ring (bicyclic) bond motifs is 1. The van der Waals surface area contributed by atoms with E-state index in [1.165, 1.54) is 30.2 Å². The maximum absolute atomic E-state index is 12.3. The average Bonchev–Trinajstić information content (AvgIpc) is 3.08. The van der Waals surface area contributed by atoms with Crippen molar-refractivity contribution in [3.8, 4) is 0 Å². The smallest absolute Gasteiger partial charge is 0.275 e. The number of rotatable bonds is 4. The van der Waals surface area contributed by atoms with Crippen molar-refractivity contribution in [2.45, 2.75) is 58.4 Å². The second-order valence-electron chi connectivity index (χ2n) is 7.85. The third-order valence-corrected chi connectivity index (χ3v) is 6.85. The van der Waals surface area contributed by atoms with Gasteiger partial charge in [-0.1, -0.05) is 31.6 Å². The standard InChI is InChI=1S/C19H29N5OS/c1-3-4-15-13-17(25)24-18(20-15)26-19(21-24)23-11-9-22(10-12-23)16-7-5-14(2)6-8-16/h13-14,16H,3-12H2,1-2H3. The van der Waals surface area contributed by atoms with E-state index in [0.29, 0.717) is 0 Å². The van der Waals surface area contributed by atoms with E-state index in [2.05, 4.69) is 33.7 Å². The van der Waals surface area contributed by atoms with E-state index in [1.807, 2.05) is 0 Å². The van der Waals surface area contributed by atoms with E-state index < -0.39 is 0 Å². The molecule has 0 radical (unpaired) electrons. The van der Waals surface area contributed by atoms with Crippen LogP contribution in [-0.2, 0) is 6.42 Å². The Labute approximate surface area is 158 Å². The summed E-state index contributed by atoms with van der Waals surface area (Å²) in [4.78, 5) is 22.6. The highest BCUT2D eigenvalue weighted by Crippen LogP contribution is 2.29. The summed E-state index contributed by atoms with van der Waals surface area (Å²) in [5.74, 6) is 0.902. The van der Waals surface area contributed by atoms with Gasteiger partial charge < -0.3 is 4.90 Å². The first-order valence-electron chi connectivity index (χ1n) is 10.0. The van der Waals surface area contributed by atoms with Gasteiger partial charge in [0.1, 0.15) is 0 Å². The van der Waals surface area contributed by atoms with E-state index in [4.69, 9.17) is 0 Å². The largest absolute Gasteiger partial charge is 0.344 e. The third kappa shape index (κ3) is 3.64. The monoisotopic (exact) mass is 375 g/mol. The number of aromatic nitrogens is 3. The lowest BCUT2D eigenvalue weighted by atomic mass is 9.86. The zero-order valence-electron chi connectivity index (χ0n) is 15.9. The van der Waals surface area contributed by atoms with Crippen LogP contribution in [0.15, 0.2) is 10.9 Å². The second-order valence-corrected chi connectivity index (χ2v) is 8.79. The Bertz CT molecular complexity index is 800. The molecule has 3 heterocycles. The predicted molar refractivity (Wildman–Crippen MR) is 106 cm³/mol. The number of piperazine rings is 1. The molecule has 1 saturated heterocycles. The highest BCUT2D eigenvalue weighted by Gasteiger charge is 2.28. The number of nitrogens with zero attached hydrogens (tertiary/aromatic N) is 5. The summed E-state index contributed by atoms with van der Waals surface area (Å²) in [5, 5.41) is 5.48. The lowest BCUT2D eigenvalue weighted by Gasteiger charge is -2.41. The molecule has 6 nitrogen and oxygen atoms in total. The van der Waals surface area contributed by atoms with Crippen LogP contribution in [0, 0.1) is 5.92 Å². The van der Waals surface area contributed by atoms with Gasteiger partial charge >= 0.3 is 0 Å². The molecule has 2 fully saturated rings. The number of hydrogen-bond donors (Lipinski definition) is 0. The summed E-state index contributed by atoms with van der Waals surface area (Å²) >= 11 is 1.54. The Hall–Kier alpha value is -1.47. The molecule has 0 aromatic carbocycles. The highest BCUT2D eigenvalue weighted by atomic mass is 32.1. The van der Waals surface area contributed by atoms with Gasteiger partial charge in [0.15, 0.2) is 0 Å². The van der Waals surface area contributed by atoms with Gasteiger partial charge in [-0.25, -0.2) is 4.98 Å². The second kappa shape index (κ2) is 7.64. The molecule has 1 aliphatic carbocycles. The molecule has 142 valence electrons. The molecule has 26 heavy (non-hydrogen) atoms. The van der Waals surface area contributed by atoms with Crippen molar-refractivity contribution in [2.24, 2.45) is 5.92 Å². The minimum absolute atomic E-state index is 0.0593. The molecule has 0 unspecified atom stereocenters. The van der Waals surface area contributed by atoms with Crippen molar-refractivity contribution in [1.29, 1.82) is 0 Å². The Kier molecular flexibility index (Phi) is 5.27. The maximum Gasteiger partial charge on any atom is 0.275 e. The molecule has 0 atom stereocenters. The van der Waals surface area contributed by atoms with Crippen LogP contribution in [0.1, 0.15) is 51.6 Å². The SMILES string of the molecule is CCCc1cc(=O)n2nc(N3CCN(C4CCC(C)CC4)CC3)sc2n1. The van der Waals surface area contributed by atoms with Crippen LogP contribution in [0.4, 0.5) is 5.13 Å². The lowest BCUT2D eigenvalue weighted by molar-refractivity contribution is 0.133. The van der Waals surface area contributed by atoms with Gasteiger partial charge in [0.2, 0.25) is 10.1 Å². The maximum atomic E-state index is 12.3. The first-order chi connectivity index (χ1) is 12.6. The van der Waals surface area contributed by atoms with Gasteiger partial charge in [0.05, 0.1) is 0 Å². The van der Waals surface area contributed by atoms with Crippen molar-refractivity contribution in [1.82, 2.24) is 19.5 Å². The molecular weight excluding hydrogens is 346 g/mol. The fourth-order valence-electron chi connectivity index (χ4n) is 4.24. The van der Waals surface area contributed by atoms with Crippen molar-refractivity contribution < 1.29 is 0 Å². The average molecular weight is 376 g/mol. The summed E-state index contributed by atoms with van der Waals surface area (Å²) in [6, 6.07) is 2.40. The Morgan fingerprint density at radius 2 is 1.88 bits per heavy atom. The van der Waals surface area contributed by atoms with Gasteiger partial charge in [0.25, 0.3) is 5.56 Å². The number of aryl methyl sites for hydroxylation is 1. The normalized spacial score (nSPS) is 25.1. The molecule has 0 amide bonds. The minimum Gasteiger partial charge on any atom is -0.344 e. The number of anilines is 1. The first-order valence-corrected chi connectivity index (χ1v) is 10.8. The molecule has 1 aliphatic heterocycles. The lowest BCUT2D eigenvalue weighted by Crippen LogP contribution is -2.51. The molecule has 4 rings (SSSR count). The molecule has 2 aromatic rings. The van der Waals surface area contributed by atoms with Crippen LogP contribution in [0.25, 0.3) is 4.96 Å². The van der Waals surface area contributed by atoms with Crippen molar-refractivity contribution in [3.63, 3.8) is 0 Å². The molecule has 0 N–H and O–H groups in total. The van der Waals surface area contributed by atoms with Crippen LogP contribution in [-0.4, -0.2) is 51.7 Å². The van der Waals surface area contributed by atoms with Gasteiger partial charge in [-0.05, 0) is 38.0 Å². The van der Waals surface area contributed by atoms with Crippen LogP contribution < -0.4 is 10.5 Å². The predicted octanol–water partition coefficient (Wildman–Crippen LogP) is 2.80. The van der Waals surface area contributed by atoms with Gasteiger partial charge in [-0.3, -0.25) is 9.69 Å². The first kappa shape index (κ1) is 17.9. The quantitative estimate of drug-likeness (QED) is 0.822. The Morgan fingerprint density at radius 3 is 2.58 bits per heavy atom. The Morgan fingerprint density at radius 1 is 1.15 bits per heavy atom. The summed E-state index contributed by atoms with van der Waals surface area (Å²) in [7, 11) is 0. The van der Waals surface area contributed by atoms with Crippen molar-refractivity contribution in [2.75, 3.05) is 31.1 Å². The topological polar surface area (TPSA) is 53.7 Å². The van der Waals surface area contributed by atoms with E-state index in [9.17, 15) is 4.79 Å². The molecule has 7 heteroatoms. The summed E-state index contributed by atoms with van der Waals surface area (Å²) < 4.78 is 1.47. The zero-order valence-corrected chi connectivity index (χ0v) is 16.7. The van der Waals surface area contributed by atoms with Crippen molar-refractivity contribution >= 4 is 21.4 Å².